The molecule has 0 aliphatic carbocycles. The fraction of sp³-hybridized carbons (Fsp3) is 0.304. The van der Waals surface area contributed by atoms with Crippen LogP contribution >= 0.6 is 11.3 Å². The number of aromatic nitrogens is 4. The van der Waals surface area contributed by atoms with E-state index in [1.807, 2.05) is 36.4 Å². The van der Waals surface area contributed by atoms with Crippen LogP contribution in [0.2, 0.25) is 0 Å². The number of benzene rings is 1. The highest BCUT2D eigenvalue weighted by atomic mass is 32.1. The standard InChI is InChI=1S/C23H24N4O3S/c1-3-4-5-6-13-30-18-8-7-16(14-19(18)29-2)15-20-22(28)27-23(31-20)25-21(26-27)17-9-11-24-12-10-17/h7-12,14-15H,3-6,13H2,1-2H3/b20-15-. The number of hydrogen-bond donors (Lipinski definition) is 0. The van der Waals surface area contributed by atoms with Gasteiger partial charge in [0.15, 0.2) is 17.3 Å². The first-order chi connectivity index (χ1) is 15.2. The number of methoxy groups -OCH3 is 1. The highest BCUT2D eigenvalue weighted by Gasteiger charge is 2.12. The topological polar surface area (TPSA) is 78.6 Å². The fourth-order valence-electron chi connectivity index (χ4n) is 3.21. The molecule has 31 heavy (non-hydrogen) atoms. The van der Waals surface area contributed by atoms with E-state index in [-0.39, 0.29) is 5.56 Å². The molecular formula is C23H24N4O3S. The van der Waals surface area contributed by atoms with Gasteiger partial charge in [0, 0.05) is 18.0 Å². The lowest BCUT2D eigenvalue weighted by atomic mass is 10.2. The second-order valence-corrected chi connectivity index (χ2v) is 8.11. The van der Waals surface area contributed by atoms with Crippen molar-refractivity contribution in [2.45, 2.75) is 32.6 Å². The lowest BCUT2D eigenvalue weighted by Gasteiger charge is -2.11. The van der Waals surface area contributed by atoms with Gasteiger partial charge in [-0.15, -0.1) is 5.10 Å². The Morgan fingerprint density at radius 1 is 1.10 bits per heavy atom. The molecule has 3 heterocycles. The van der Waals surface area contributed by atoms with Crippen LogP contribution in [0.25, 0.3) is 22.4 Å². The largest absolute Gasteiger partial charge is 0.493 e. The molecule has 0 amide bonds. The van der Waals surface area contributed by atoms with Gasteiger partial charge in [-0.1, -0.05) is 43.6 Å². The Labute approximate surface area is 184 Å². The Bertz CT molecular complexity index is 1270. The monoisotopic (exact) mass is 436 g/mol. The summed E-state index contributed by atoms with van der Waals surface area (Å²) in [6, 6.07) is 9.31. The smallest absolute Gasteiger partial charge is 0.291 e. The van der Waals surface area contributed by atoms with Crippen molar-refractivity contribution in [1.82, 2.24) is 19.6 Å². The molecular weight excluding hydrogens is 412 g/mol. The predicted octanol–water partition coefficient (Wildman–Crippen LogP) is 3.73. The van der Waals surface area contributed by atoms with Crippen molar-refractivity contribution >= 4 is 22.4 Å². The first-order valence-corrected chi connectivity index (χ1v) is 11.1. The number of unbranched alkanes of at least 4 members (excludes halogenated alkanes) is 3. The van der Waals surface area contributed by atoms with Crippen molar-refractivity contribution in [2.75, 3.05) is 13.7 Å². The van der Waals surface area contributed by atoms with Crippen LogP contribution in [0.4, 0.5) is 0 Å². The van der Waals surface area contributed by atoms with Crippen molar-refractivity contribution in [3.8, 4) is 22.9 Å². The third kappa shape index (κ3) is 4.74. The van der Waals surface area contributed by atoms with Crippen LogP contribution in [-0.4, -0.2) is 33.3 Å². The summed E-state index contributed by atoms with van der Waals surface area (Å²) in [7, 11) is 1.62. The molecule has 3 aromatic heterocycles. The fourth-order valence-corrected chi connectivity index (χ4v) is 4.12. The number of hydrogen-bond acceptors (Lipinski definition) is 7. The zero-order chi connectivity index (χ0) is 21.6. The summed E-state index contributed by atoms with van der Waals surface area (Å²) < 4.78 is 13.3. The Morgan fingerprint density at radius 2 is 1.94 bits per heavy atom. The highest BCUT2D eigenvalue weighted by Crippen LogP contribution is 2.28. The average Bonchev–Trinajstić information content (AvgIpc) is 3.34. The molecule has 0 saturated heterocycles. The third-order valence-corrected chi connectivity index (χ3v) is 5.82. The number of fused-ring (bicyclic) bond motifs is 1. The Kier molecular flexibility index (Phi) is 6.57. The van der Waals surface area contributed by atoms with Gasteiger partial charge in [-0.3, -0.25) is 9.78 Å². The molecule has 0 bridgehead atoms. The second kappa shape index (κ2) is 9.70. The van der Waals surface area contributed by atoms with Crippen LogP contribution in [-0.2, 0) is 0 Å². The first kappa shape index (κ1) is 21.0. The van der Waals surface area contributed by atoms with E-state index < -0.39 is 0 Å². The highest BCUT2D eigenvalue weighted by molar-refractivity contribution is 7.15. The molecule has 8 heteroatoms. The van der Waals surface area contributed by atoms with Gasteiger partial charge in [0.25, 0.3) is 5.56 Å². The number of nitrogens with zero attached hydrogens (tertiary/aromatic N) is 4. The molecule has 1 aromatic carbocycles. The normalized spacial score (nSPS) is 11.9. The van der Waals surface area contributed by atoms with Crippen LogP contribution in [0.1, 0.15) is 38.2 Å². The van der Waals surface area contributed by atoms with E-state index in [1.54, 1.807) is 19.5 Å². The third-order valence-electron chi connectivity index (χ3n) is 4.86. The molecule has 0 aliphatic heterocycles. The number of ether oxygens (including phenoxy) is 2. The van der Waals surface area contributed by atoms with Crippen LogP contribution in [0.3, 0.4) is 0 Å². The maximum Gasteiger partial charge on any atom is 0.291 e. The quantitative estimate of drug-likeness (QED) is 0.372. The number of thiazole rings is 1. The second-order valence-electron chi connectivity index (χ2n) is 7.10. The van der Waals surface area contributed by atoms with E-state index in [9.17, 15) is 4.79 Å². The van der Waals surface area contributed by atoms with Gasteiger partial charge < -0.3 is 9.47 Å². The number of pyridine rings is 1. The molecule has 0 radical (unpaired) electrons. The molecule has 0 fully saturated rings. The van der Waals surface area contributed by atoms with Crippen molar-refractivity contribution < 1.29 is 9.47 Å². The van der Waals surface area contributed by atoms with Gasteiger partial charge in [-0.05, 0) is 42.3 Å². The summed E-state index contributed by atoms with van der Waals surface area (Å²) in [5.41, 5.74) is 1.49. The van der Waals surface area contributed by atoms with Crippen LogP contribution in [0.5, 0.6) is 11.5 Å². The SMILES string of the molecule is CCCCCCOc1ccc(/C=c2\sc3nc(-c4ccncc4)nn3c2=O)cc1OC. The Hall–Kier alpha value is -3.26. The zero-order valence-electron chi connectivity index (χ0n) is 17.6. The lowest BCUT2D eigenvalue weighted by Crippen LogP contribution is -2.23. The van der Waals surface area contributed by atoms with E-state index in [1.165, 1.54) is 28.7 Å². The summed E-state index contributed by atoms with van der Waals surface area (Å²) in [5.74, 6) is 1.87. The van der Waals surface area contributed by atoms with E-state index in [0.29, 0.717) is 33.4 Å². The van der Waals surface area contributed by atoms with Crippen molar-refractivity contribution in [1.29, 1.82) is 0 Å². The Morgan fingerprint density at radius 3 is 2.68 bits per heavy atom. The lowest BCUT2D eigenvalue weighted by molar-refractivity contribution is 0.285. The number of rotatable bonds is 9. The molecule has 0 N–H and O–H groups in total. The minimum atomic E-state index is -0.192. The van der Waals surface area contributed by atoms with E-state index in [0.717, 1.165) is 24.0 Å². The first-order valence-electron chi connectivity index (χ1n) is 10.3. The van der Waals surface area contributed by atoms with E-state index >= 15 is 0 Å². The minimum Gasteiger partial charge on any atom is -0.493 e. The maximum absolute atomic E-state index is 12.8. The molecule has 7 nitrogen and oxygen atoms in total. The average molecular weight is 437 g/mol. The predicted molar refractivity (Wildman–Crippen MR) is 122 cm³/mol. The Balaban J connectivity index is 1.57. The summed E-state index contributed by atoms with van der Waals surface area (Å²) >= 11 is 1.31. The van der Waals surface area contributed by atoms with Gasteiger partial charge in [0.2, 0.25) is 4.96 Å². The summed E-state index contributed by atoms with van der Waals surface area (Å²) in [6.07, 6.45) is 9.77. The molecule has 4 rings (SSSR count). The van der Waals surface area contributed by atoms with Crippen LogP contribution in [0.15, 0.2) is 47.5 Å². The molecule has 0 aliphatic rings. The van der Waals surface area contributed by atoms with E-state index in [2.05, 4.69) is 22.0 Å². The molecule has 160 valence electrons. The van der Waals surface area contributed by atoms with Gasteiger partial charge >= 0.3 is 0 Å². The maximum atomic E-state index is 12.8. The van der Waals surface area contributed by atoms with Gasteiger partial charge in [0.1, 0.15) is 0 Å². The summed E-state index contributed by atoms with van der Waals surface area (Å²) in [6.45, 7) is 2.85. The zero-order valence-corrected chi connectivity index (χ0v) is 18.4. The molecule has 0 unspecified atom stereocenters. The van der Waals surface area contributed by atoms with Gasteiger partial charge in [0.05, 0.1) is 18.2 Å². The summed E-state index contributed by atoms with van der Waals surface area (Å²) in [4.78, 5) is 21.8. The molecule has 0 atom stereocenters. The minimum absolute atomic E-state index is 0.192. The van der Waals surface area contributed by atoms with Crippen molar-refractivity contribution in [2.24, 2.45) is 0 Å². The molecule has 0 spiro atoms. The summed E-state index contributed by atoms with van der Waals surface area (Å²) in [5, 5.41) is 4.36. The van der Waals surface area contributed by atoms with Crippen molar-refractivity contribution in [3.63, 3.8) is 0 Å². The van der Waals surface area contributed by atoms with Crippen molar-refractivity contribution in [3.05, 3.63) is 63.2 Å². The van der Waals surface area contributed by atoms with Crippen LogP contribution in [0, 0.1) is 0 Å². The van der Waals surface area contributed by atoms with Crippen LogP contribution < -0.4 is 19.6 Å². The van der Waals surface area contributed by atoms with Gasteiger partial charge in [-0.2, -0.15) is 9.50 Å². The van der Waals surface area contributed by atoms with E-state index in [4.69, 9.17) is 9.47 Å². The van der Waals surface area contributed by atoms with Gasteiger partial charge in [-0.25, -0.2) is 0 Å². The molecule has 0 saturated carbocycles. The molecule has 4 aromatic rings.